The molecule has 156 valence electrons. The number of aromatic nitrogens is 1. The molecule has 0 spiro atoms. The summed E-state index contributed by atoms with van der Waals surface area (Å²) in [7, 11) is 3.10. The number of pyridine rings is 1. The fourth-order valence-corrected chi connectivity index (χ4v) is 2.42. The molecule has 0 aliphatic heterocycles. The second-order valence-corrected chi connectivity index (χ2v) is 6.77. The molecule has 1 N–H and O–H groups in total. The third kappa shape index (κ3) is 7.03. The van der Waals surface area contributed by atoms with Crippen LogP contribution in [-0.2, 0) is 16.1 Å². The average Bonchev–Trinajstić information content (AvgIpc) is 2.71. The van der Waals surface area contributed by atoms with Crippen molar-refractivity contribution in [3.8, 4) is 17.2 Å². The molecule has 0 atom stereocenters. The molecule has 0 unspecified atom stereocenters. The molecule has 0 aliphatic rings. The minimum atomic E-state index is -0.530. The third-order valence-corrected chi connectivity index (χ3v) is 4.08. The number of ether oxygens (including phenoxy) is 4. The summed E-state index contributed by atoms with van der Waals surface area (Å²) in [4.78, 5) is 26.9. The number of nitrogens with one attached hydrogen (secondary N) is 1. The Kier molecular flexibility index (Phi) is 8.33. The quantitative estimate of drug-likeness (QED) is 0.484. The lowest BCUT2D eigenvalue weighted by Crippen LogP contribution is -2.12. The highest BCUT2D eigenvalue weighted by atomic mass is 16.5. The van der Waals surface area contributed by atoms with E-state index in [1.54, 1.807) is 38.5 Å². The number of aromatic amines is 1. The fraction of sp³-hybridized carbons (Fsp3) is 0.364. The van der Waals surface area contributed by atoms with Crippen molar-refractivity contribution < 1.29 is 23.7 Å². The number of methoxy groups -OCH3 is 2. The summed E-state index contributed by atoms with van der Waals surface area (Å²) in [5.74, 6) is 1.40. The Bertz CT molecular complexity index is 900. The van der Waals surface area contributed by atoms with Gasteiger partial charge in [-0.25, -0.2) is 4.79 Å². The van der Waals surface area contributed by atoms with Crippen molar-refractivity contribution in [3.63, 3.8) is 0 Å². The molecule has 2 rings (SSSR count). The molecule has 7 heteroatoms. The predicted molar refractivity (Wildman–Crippen MR) is 110 cm³/mol. The van der Waals surface area contributed by atoms with Crippen LogP contribution in [0.25, 0.3) is 6.08 Å². The zero-order valence-electron chi connectivity index (χ0n) is 17.2. The summed E-state index contributed by atoms with van der Waals surface area (Å²) in [5, 5.41) is 0. The van der Waals surface area contributed by atoms with Gasteiger partial charge in [0.25, 0.3) is 0 Å². The van der Waals surface area contributed by atoms with Crippen molar-refractivity contribution in [2.75, 3.05) is 20.8 Å². The molecule has 1 heterocycles. The monoisotopic (exact) mass is 401 g/mol. The topological polar surface area (TPSA) is 86.9 Å². The van der Waals surface area contributed by atoms with Gasteiger partial charge in [0.15, 0.2) is 17.2 Å². The summed E-state index contributed by atoms with van der Waals surface area (Å²) >= 11 is 0. The minimum absolute atomic E-state index is 0.0450. The van der Waals surface area contributed by atoms with E-state index in [0.29, 0.717) is 29.7 Å². The van der Waals surface area contributed by atoms with E-state index in [9.17, 15) is 9.59 Å². The molecule has 7 nitrogen and oxygen atoms in total. The van der Waals surface area contributed by atoms with Crippen molar-refractivity contribution in [1.82, 2.24) is 4.98 Å². The Hall–Kier alpha value is -3.22. The summed E-state index contributed by atoms with van der Waals surface area (Å²) in [5.41, 5.74) is 0.995. The van der Waals surface area contributed by atoms with Crippen molar-refractivity contribution in [2.24, 2.45) is 5.92 Å². The van der Waals surface area contributed by atoms with Crippen LogP contribution in [0.1, 0.15) is 31.5 Å². The van der Waals surface area contributed by atoms with Gasteiger partial charge in [0.1, 0.15) is 6.61 Å². The number of esters is 1. The molecule has 0 bridgehead atoms. The number of rotatable bonds is 10. The van der Waals surface area contributed by atoms with Gasteiger partial charge in [0.2, 0.25) is 5.43 Å². The van der Waals surface area contributed by atoms with E-state index in [1.807, 2.05) is 0 Å². The van der Waals surface area contributed by atoms with Crippen LogP contribution in [0.2, 0.25) is 0 Å². The van der Waals surface area contributed by atoms with E-state index in [1.165, 1.54) is 18.3 Å². The first kappa shape index (κ1) is 22.1. The standard InChI is InChI=1S/C22H27NO6/c1-15(2)9-10-28-21-13-23-17(12-18(21)24)14-29-22(25)8-6-16-5-7-19(26-3)20(11-16)27-4/h5-8,11-13,15H,9-10,14H2,1-4H3,(H,23,24)/b8-6+. The van der Waals surface area contributed by atoms with Crippen molar-refractivity contribution >= 4 is 12.0 Å². The third-order valence-electron chi connectivity index (χ3n) is 4.08. The second-order valence-electron chi connectivity index (χ2n) is 6.77. The van der Waals surface area contributed by atoms with Crippen LogP contribution in [-0.4, -0.2) is 31.8 Å². The van der Waals surface area contributed by atoms with Crippen molar-refractivity contribution in [2.45, 2.75) is 26.9 Å². The van der Waals surface area contributed by atoms with Crippen molar-refractivity contribution in [1.29, 1.82) is 0 Å². The van der Waals surface area contributed by atoms with Gasteiger partial charge in [-0.3, -0.25) is 4.79 Å². The van der Waals surface area contributed by atoms with Gasteiger partial charge in [-0.1, -0.05) is 19.9 Å². The van der Waals surface area contributed by atoms with Crippen LogP contribution in [0.5, 0.6) is 17.2 Å². The van der Waals surface area contributed by atoms with Gasteiger partial charge in [0.05, 0.1) is 26.5 Å². The molecule has 0 saturated heterocycles. The first-order chi connectivity index (χ1) is 13.9. The van der Waals surface area contributed by atoms with Crippen LogP contribution < -0.4 is 19.6 Å². The zero-order chi connectivity index (χ0) is 21.2. The maximum absolute atomic E-state index is 12.1. The summed E-state index contributed by atoms with van der Waals surface area (Å²) in [6.45, 7) is 4.61. The van der Waals surface area contributed by atoms with Crippen LogP contribution in [0.3, 0.4) is 0 Å². The Labute approximate surface area is 170 Å². The number of carbonyl (C=O) groups is 1. The molecular formula is C22H27NO6. The van der Waals surface area contributed by atoms with Gasteiger partial charge in [-0.15, -0.1) is 0 Å². The molecule has 1 aromatic heterocycles. The van der Waals surface area contributed by atoms with Crippen LogP contribution in [0.4, 0.5) is 0 Å². The summed E-state index contributed by atoms with van der Waals surface area (Å²) in [6.07, 6.45) is 5.28. The maximum atomic E-state index is 12.1. The van der Waals surface area contributed by atoms with E-state index < -0.39 is 5.97 Å². The van der Waals surface area contributed by atoms with E-state index in [2.05, 4.69) is 18.8 Å². The number of hydrogen-bond acceptors (Lipinski definition) is 6. The highest BCUT2D eigenvalue weighted by molar-refractivity contribution is 5.87. The van der Waals surface area contributed by atoms with Crippen molar-refractivity contribution in [3.05, 3.63) is 58.0 Å². The van der Waals surface area contributed by atoms with E-state index in [-0.39, 0.29) is 17.8 Å². The lowest BCUT2D eigenvalue weighted by Gasteiger charge is -2.08. The maximum Gasteiger partial charge on any atom is 0.331 e. The van der Waals surface area contributed by atoms with Crippen LogP contribution in [0.15, 0.2) is 41.3 Å². The Morgan fingerprint density at radius 3 is 2.52 bits per heavy atom. The number of carbonyl (C=O) groups excluding carboxylic acids is 1. The number of benzene rings is 1. The smallest absolute Gasteiger partial charge is 0.331 e. The van der Waals surface area contributed by atoms with Gasteiger partial charge in [-0.2, -0.15) is 0 Å². The highest BCUT2D eigenvalue weighted by Crippen LogP contribution is 2.27. The molecule has 2 aromatic rings. The van der Waals surface area contributed by atoms with Gasteiger partial charge in [-0.05, 0) is 36.1 Å². The molecule has 1 aromatic carbocycles. The zero-order valence-corrected chi connectivity index (χ0v) is 17.2. The molecule has 29 heavy (non-hydrogen) atoms. The minimum Gasteiger partial charge on any atom is -0.493 e. The molecule has 0 fully saturated rings. The largest absolute Gasteiger partial charge is 0.493 e. The fourth-order valence-electron chi connectivity index (χ4n) is 2.42. The van der Waals surface area contributed by atoms with E-state index >= 15 is 0 Å². The molecule has 0 saturated carbocycles. The summed E-state index contributed by atoms with van der Waals surface area (Å²) < 4.78 is 21.0. The molecule has 0 amide bonds. The van der Waals surface area contributed by atoms with Crippen LogP contribution >= 0.6 is 0 Å². The van der Waals surface area contributed by atoms with Gasteiger partial charge in [0, 0.05) is 18.3 Å². The Balaban J connectivity index is 1.89. The summed E-state index contributed by atoms with van der Waals surface area (Å²) in [6, 6.07) is 6.66. The predicted octanol–water partition coefficient (Wildman–Crippen LogP) is 3.57. The Morgan fingerprint density at radius 1 is 1.10 bits per heavy atom. The average molecular weight is 401 g/mol. The van der Waals surface area contributed by atoms with Crippen LogP contribution in [0, 0.1) is 5.92 Å². The molecule has 0 radical (unpaired) electrons. The van der Waals surface area contributed by atoms with Gasteiger partial charge >= 0.3 is 5.97 Å². The number of hydrogen-bond donors (Lipinski definition) is 1. The number of H-pyrrole nitrogens is 1. The molecular weight excluding hydrogens is 374 g/mol. The Morgan fingerprint density at radius 2 is 1.86 bits per heavy atom. The second kappa shape index (κ2) is 10.9. The lowest BCUT2D eigenvalue weighted by molar-refractivity contribution is -0.139. The van der Waals surface area contributed by atoms with E-state index in [0.717, 1.165) is 12.0 Å². The first-order valence-corrected chi connectivity index (χ1v) is 9.34. The lowest BCUT2D eigenvalue weighted by atomic mass is 10.1. The SMILES string of the molecule is COc1ccc(/C=C/C(=O)OCc2cc(=O)c(OCCC(C)C)c[nH]2)cc1OC. The normalized spacial score (nSPS) is 10.9. The van der Waals surface area contributed by atoms with E-state index in [4.69, 9.17) is 18.9 Å². The van der Waals surface area contributed by atoms with Gasteiger partial charge < -0.3 is 23.9 Å². The molecule has 0 aliphatic carbocycles. The highest BCUT2D eigenvalue weighted by Gasteiger charge is 2.06. The first-order valence-electron chi connectivity index (χ1n) is 9.34.